The Morgan fingerprint density at radius 2 is 1.92 bits per heavy atom. The fourth-order valence-corrected chi connectivity index (χ4v) is 9.88. The Morgan fingerprint density at radius 1 is 1.10 bits per heavy atom. The molecule has 0 radical (unpaired) electrons. The zero-order valence-electron chi connectivity index (χ0n) is 28.2. The van der Waals surface area contributed by atoms with Crippen LogP contribution in [0.25, 0.3) is 0 Å². The molecule has 266 valence electrons. The van der Waals surface area contributed by atoms with Crippen molar-refractivity contribution in [3.8, 4) is 5.75 Å². The van der Waals surface area contributed by atoms with Crippen molar-refractivity contribution in [1.29, 1.82) is 0 Å². The average Bonchev–Trinajstić information content (AvgIpc) is 3.17. The highest BCUT2D eigenvalue weighted by Gasteiger charge is 2.46. The molecular formula is C37H46ClF2N3O5S. The molecule has 2 aliphatic carbocycles. The van der Waals surface area contributed by atoms with E-state index in [0.717, 1.165) is 37.8 Å². The van der Waals surface area contributed by atoms with Crippen molar-refractivity contribution in [1.82, 2.24) is 9.62 Å². The van der Waals surface area contributed by atoms with Crippen molar-refractivity contribution in [3.05, 3.63) is 70.3 Å². The van der Waals surface area contributed by atoms with Gasteiger partial charge in [0.25, 0.3) is 11.8 Å². The average molecular weight is 718 g/mol. The van der Waals surface area contributed by atoms with Crippen LogP contribution < -0.4 is 14.4 Å². The Morgan fingerprint density at radius 3 is 2.67 bits per heavy atom. The van der Waals surface area contributed by atoms with Gasteiger partial charge in [-0.15, -0.1) is 0 Å². The minimum atomic E-state index is -3.98. The molecule has 1 amide bonds. The minimum Gasteiger partial charge on any atom is -0.490 e. The molecular weight excluding hydrogens is 672 g/mol. The lowest BCUT2D eigenvalue weighted by Gasteiger charge is -2.46. The normalized spacial score (nSPS) is 33.1. The van der Waals surface area contributed by atoms with Gasteiger partial charge in [-0.2, -0.15) is 0 Å². The second-order valence-electron chi connectivity index (χ2n) is 15.0. The minimum absolute atomic E-state index is 0.200. The summed E-state index contributed by atoms with van der Waals surface area (Å²) in [7, 11) is -3.98. The van der Waals surface area contributed by atoms with E-state index in [1.165, 1.54) is 11.1 Å². The van der Waals surface area contributed by atoms with Gasteiger partial charge in [-0.25, -0.2) is 21.9 Å². The molecule has 1 saturated heterocycles. The SMILES string of the molecule is C[C@@H]1[C@@H](C)C/C=C/[C@H](OCCN2CC(F)(F)C2)[C@@H]2CC[C@H]2CN2C[C@@]3(CCCc4cc(Cl)ccc43)COc3ccc(cc32)C(=O)NS1(=O)=O. The zero-order chi connectivity index (χ0) is 34.6. The summed E-state index contributed by atoms with van der Waals surface area (Å²) >= 11 is 6.43. The summed E-state index contributed by atoms with van der Waals surface area (Å²) in [5.41, 5.74) is 3.20. The number of allylic oxidation sites excluding steroid dienone is 1. The first kappa shape index (κ1) is 34.7. The molecule has 49 heavy (non-hydrogen) atoms. The summed E-state index contributed by atoms with van der Waals surface area (Å²) in [5, 5.41) is -0.106. The maximum atomic E-state index is 13.5. The van der Waals surface area contributed by atoms with Crippen LogP contribution in [0, 0.1) is 17.8 Å². The van der Waals surface area contributed by atoms with E-state index in [0.29, 0.717) is 50.0 Å². The number of halogens is 3. The molecule has 1 saturated carbocycles. The van der Waals surface area contributed by atoms with Crippen LogP contribution in [0.15, 0.2) is 48.6 Å². The number of amides is 1. The molecule has 0 aromatic heterocycles. The number of likely N-dealkylation sites (tertiary alicyclic amines) is 1. The Hall–Kier alpha value is -2.73. The molecule has 3 aliphatic heterocycles. The molecule has 1 spiro atoms. The van der Waals surface area contributed by atoms with Gasteiger partial charge in [0.15, 0.2) is 0 Å². The number of anilines is 1. The molecule has 5 aliphatic rings. The highest BCUT2D eigenvalue weighted by molar-refractivity contribution is 7.90. The number of sulfonamides is 1. The lowest BCUT2D eigenvalue weighted by atomic mass is 9.68. The van der Waals surface area contributed by atoms with Crippen LogP contribution in [0.4, 0.5) is 14.5 Å². The van der Waals surface area contributed by atoms with Crippen LogP contribution in [0.3, 0.4) is 0 Å². The lowest BCUT2D eigenvalue weighted by molar-refractivity contribution is -0.138. The highest BCUT2D eigenvalue weighted by atomic mass is 35.5. The number of carbonyl (C=O) groups is 1. The van der Waals surface area contributed by atoms with E-state index in [1.807, 2.05) is 25.1 Å². The van der Waals surface area contributed by atoms with Gasteiger partial charge in [0, 0.05) is 35.6 Å². The van der Waals surface area contributed by atoms with Gasteiger partial charge in [-0.3, -0.25) is 9.69 Å². The first-order chi connectivity index (χ1) is 23.3. The smallest absolute Gasteiger partial charge is 0.272 e. The van der Waals surface area contributed by atoms with Crippen LogP contribution in [-0.4, -0.2) is 82.4 Å². The number of ether oxygens (including phenoxy) is 2. The predicted molar refractivity (Wildman–Crippen MR) is 186 cm³/mol. The van der Waals surface area contributed by atoms with E-state index in [1.54, 1.807) is 30.0 Å². The van der Waals surface area contributed by atoms with Gasteiger partial charge in [-0.05, 0) is 105 Å². The molecule has 6 atom stereocenters. The van der Waals surface area contributed by atoms with Gasteiger partial charge in [0.1, 0.15) is 5.75 Å². The van der Waals surface area contributed by atoms with Gasteiger partial charge < -0.3 is 14.4 Å². The number of fused-ring (bicyclic) bond motifs is 4. The molecule has 1 N–H and O–H groups in total. The van der Waals surface area contributed by atoms with E-state index in [2.05, 4.69) is 21.8 Å². The van der Waals surface area contributed by atoms with E-state index < -0.39 is 27.1 Å². The maximum Gasteiger partial charge on any atom is 0.272 e. The molecule has 8 nitrogen and oxygen atoms in total. The first-order valence-electron chi connectivity index (χ1n) is 17.6. The third kappa shape index (κ3) is 7.10. The summed E-state index contributed by atoms with van der Waals surface area (Å²) in [6.07, 6.45) is 9.15. The molecule has 2 aromatic rings. The Balaban J connectivity index is 1.23. The number of hydrogen-bond acceptors (Lipinski definition) is 7. The molecule has 3 heterocycles. The number of carbonyl (C=O) groups excluding carboxylic acids is 1. The molecule has 7 rings (SSSR count). The predicted octanol–water partition coefficient (Wildman–Crippen LogP) is 6.22. The summed E-state index contributed by atoms with van der Waals surface area (Å²) in [6.45, 7) is 5.63. The van der Waals surface area contributed by atoms with E-state index in [9.17, 15) is 22.0 Å². The van der Waals surface area contributed by atoms with Gasteiger partial charge in [0.2, 0.25) is 10.0 Å². The number of benzene rings is 2. The molecule has 12 heteroatoms. The van der Waals surface area contributed by atoms with E-state index >= 15 is 0 Å². The zero-order valence-corrected chi connectivity index (χ0v) is 29.7. The Labute approximate surface area is 293 Å². The number of rotatable bonds is 4. The molecule has 2 bridgehead atoms. The fraction of sp³-hybridized carbons (Fsp3) is 0.595. The molecule has 2 fully saturated rings. The topological polar surface area (TPSA) is 88.2 Å². The van der Waals surface area contributed by atoms with Crippen molar-refractivity contribution in [3.63, 3.8) is 0 Å². The molecule has 0 unspecified atom stereocenters. The number of nitrogens with one attached hydrogen (secondary N) is 1. The third-order valence-corrected chi connectivity index (χ3v) is 13.8. The maximum absolute atomic E-state index is 13.5. The van der Waals surface area contributed by atoms with Gasteiger partial charge >= 0.3 is 0 Å². The second-order valence-corrected chi connectivity index (χ2v) is 17.5. The van der Waals surface area contributed by atoms with Crippen LogP contribution >= 0.6 is 11.6 Å². The van der Waals surface area contributed by atoms with Crippen LogP contribution in [0.1, 0.15) is 67.4 Å². The largest absolute Gasteiger partial charge is 0.490 e. The lowest BCUT2D eigenvalue weighted by Crippen LogP contribution is -2.57. The monoisotopic (exact) mass is 717 g/mol. The van der Waals surface area contributed by atoms with Crippen LogP contribution in [-0.2, 0) is 26.6 Å². The van der Waals surface area contributed by atoms with Gasteiger partial charge in [0.05, 0.1) is 43.3 Å². The fourth-order valence-electron chi connectivity index (χ4n) is 8.40. The molecule has 2 aromatic carbocycles. The second kappa shape index (κ2) is 13.4. The van der Waals surface area contributed by atoms with E-state index in [4.69, 9.17) is 21.1 Å². The van der Waals surface area contributed by atoms with Crippen molar-refractivity contribution < 1.29 is 31.5 Å². The number of alkyl halides is 2. The third-order valence-electron chi connectivity index (χ3n) is 11.6. The Bertz CT molecular complexity index is 1720. The van der Waals surface area contributed by atoms with E-state index in [-0.39, 0.29) is 47.9 Å². The summed E-state index contributed by atoms with van der Waals surface area (Å²) in [5.74, 6) is -2.40. The number of hydrogen-bond donors (Lipinski definition) is 1. The van der Waals surface area contributed by atoms with Crippen molar-refractivity contribution in [2.45, 2.75) is 75.1 Å². The summed E-state index contributed by atoms with van der Waals surface area (Å²) in [6, 6.07) is 11.3. The standard InChI is InChI=1S/C37H46ClF2N3O5S/c1-24-5-3-7-33(47-16-15-42-21-37(39,40)22-42)30-11-8-28(30)19-43-20-36(14-4-6-26-17-29(38)10-12-31(26)36)23-48-34-13-9-27(18-32(34)43)35(44)41-49(45,46)25(24)2/h3,7,9-10,12-13,17-18,24-25,28,30,33H,4-6,8,11,14-16,19-23H2,1-2H3,(H,41,44)/b7-3+/t24-,25+,28-,30+,33-,36-/m0/s1. The quantitative estimate of drug-likeness (QED) is 0.376. The Kier molecular flexibility index (Phi) is 9.51. The van der Waals surface area contributed by atoms with Crippen molar-refractivity contribution in [2.24, 2.45) is 17.8 Å². The van der Waals surface area contributed by atoms with Gasteiger partial charge in [-0.1, -0.05) is 36.7 Å². The summed E-state index contributed by atoms with van der Waals surface area (Å²) < 4.78 is 69.1. The van der Waals surface area contributed by atoms with Crippen molar-refractivity contribution >= 4 is 33.2 Å². The highest BCUT2D eigenvalue weighted by Crippen LogP contribution is 2.47. The van der Waals surface area contributed by atoms with Crippen LogP contribution in [0.2, 0.25) is 5.02 Å². The number of aryl methyl sites for hydroxylation is 1. The number of nitrogens with zero attached hydrogens (tertiary/aromatic N) is 2. The van der Waals surface area contributed by atoms with Crippen LogP contribution in [0.5, 0.6) is 5.75 Å². The first-order valence-corrected chi connectivity index (χ1v) is 19.5. The van der Waals surface area contributed by atoms with Crippen molar-refractivity contribution in [2.75, 3.05) is 50.8 Å². The summed E-state index contributed by atoms with van der Waals surface area (Å²) in [4.78, 5) is 17.5.